The molecule has 108 valence electrons. The van der Waals surface area contributed by atoms with Crippen LogP contribution in [0, 0.1) is 5.92 Å². The summed E-state index contributed by atoms with van der Waals surface area (Å²) in [5, 5.41) is 15.0. The van der Waals surface area contributed by atoms with Gasteiger partial charge in [0.2, 0.25) is 5.91 Å². The van der Waals surface area contributed by atoms with E-state index >= 15 is 0 Å². The molecule has 1 aliphatic rings. The molecular weight excluding hydrogens is 256 g/mol. The van der Waals surface area contributed by atoms with Gasteiger partial charge in [0.15, 0.2) is 0 Å². The predicted molar refractivity (Wildman–Crippen MR) is 75.3 cm³/mol. The van der Waals surface area contributed by atoms with Crippen LogP contribution in [-0.2, 0) is 16.1 Å². The third kappa shape index (κ3) is 2.99. The molecule has 0 bridgehead atoms. The van der Waals surface area contributed by atoms with Crippen LogP contribution < -0.4 is 10.6 Å². The molecule has 1 amide bonds. The number of carboxylic acid groups (broad SMARTS) is 1. The largest absolute Gasteiger partial charge is 0.480 e. The van der Waals surface area contributed by atoms with Gasteiger partial charge in [0, 0.05) is 13.1 Å². The number of aliphatic carboxylic acids is 1. The van der Waals surface area contributed by atoms with E-state index in [2.05, 4.69) is 10.6 Å². The number of fused-ring (bicyclic) bond motifs is 1. The molecule has 0 saturated heterocycles. The molecule has 0 fully saturated rings. The zero-order valence-corrected chi connectivity index (χ0v) is 11.7. The average Bonchev–Trinajstić information content (AvgIpc) is 2.43. The number of carbonyl (C=O) groups is 2. The van der Waals surface area contributed by atoms with Gasteiger partial charge in [0.05, 0.1) is 5.92 Å². The Bertz CT molecular complexity index is 514. The molecule has 0 aromatic heterocycles. The monoisotopic (exact) mass is 276 g/mol. The zero-order valence-electron chi connectivity index (χ0n) is 11.7. The molecule has 0 radical (unpaired) electrons. The highest BCUT2D eigenvalue weighted by Crippen LogP contribution is 2.24. The number of hydrogen-bond acceptors (Lipinski definition) is 3. The van der Waals surface area contributed by atoms with Crippen molar-refractivity contribution in [2.45, 2.75) is 32.4 Å². The van der Waals surface area contributed by atoms with Crippen LogP contribution >= 0.6 is 0 Å². The number of nitrogens with one attached hydrogen (secondary N) is 2. The van der Waals surface area contributed by atoms with Crippen molar-refractivity contribution in [3.8, 4) is 0 Å². The molecule has 0 saturated carbocycles. The van der Waals surface area contributed by atoms with E-state index in [9.17, 15) is 9.59 Å². The molecule has 0 aliphatic carbocycles. The van der Waals surface area contributed by atoms with Crippen molar-refractivity contribution in [3.05, 3.63) is 35.4 Å². The number of benzene rings is 1. The van der Waals surface area contributed by atoms with Crippen molar-refractivity contribution >= 4 is 11.9 Å². The van der Waals surface area contributed by atoms with Crippen LogP contribution in [0.3, 0.4) is 0 Å². The molecule has 1 aromatic carbocycles. The molecule has 3 N–H and O–H groups in total. The highest BCUT2D eigenvalue weighted by molar-refractivity contribution is 5.88. The van der Waals surface area contributed by atoms with Crippen LogP contribution in [0.4, 0.5) is 0 Å². The van der Waals surface area contributed by atoms with Crippen molar-refractivity contribution in [2.24, 2.45) is 5.92 Å². The Morgan fingerprint density at radius 3 is 2.70 bits per heavy atom. The minimum Gasteiger partial charge on any atom is -0.480 e. The summed E-state index contributed by atoms with van der Waals surface area (Å²) in [7, 11) is 0. The van der Waals surface area contributed by atoms with E-state index in [1.807, 2.05) is 24.3 Å². The summed E-state index contributed by atoms with van der Waals surface area (Å²) in [5.41, 5.74) is 2.08. The topological polar surface area (TPSA) is 78.4 Å². The van der Waals surface area contributed by atoms with E-state index in [1.54, 1.807) is 13.8 Å². The smallest absolute Gasteiger partial charge is 0.326 e. The van der Waals surface area contributed by atoms with Crippen molar-refractivity contribution in [1.82, 2.24) is 10.6 Å². The minimum atomic E-state index is -0.995. The fourth-order valence-corrected chi connectivity index (χ4v) is 2.50. The van der Waals surface area contributed by atoms with Crippen LogP contribution in [0.5, 0.6) is 0 Å². The van der Waals surface area contributed by atoms with E-state index in [1.165, 1.54) is 0 Å². The lowest BCUT2D eigenvalue weighted by Crippen LogP contribution is -2.48. The van der Waals surface area contributed by atoms with Crippen LogP contribution in [0.25, 0.3) is 0 Å². The predicted octanol–water partition coefficient (Wildman–Crippen LogP) is 1.10. The second-order valence-corrected chi connectivity index (χ2v) is 5.45. The molecule has 1 unspecified atom stereocenters. The number of carboxylic acids is 1. The van der Waals surface area contributed by atoms with Gasteiger partial charge in [-0.3, -0.25) is 4.79 Å². The van der Waals surface area contributed by atoms with Crippen LogP contribution in [0.15, 0.2) is 24.3 Å². The van der Waals surface area contributed by atoms with E-state index < -0.39 is 12.0 Å². The third-order valence-corrected chi connectivity index (χ3v) is 3.64. The minimum absolute atomic E-state index is 0.150. The Balaban J connectivity index is 2.16. The summed E-state index contributed by atoms with van der Waals surface area (Å²) >= 11 is 0. The molecule has 5 nitrogen and oxygen atoms in total. The molecule has 2 rings (SSSR count). The van der Waals surface area contributed by atoms with Crippen LogP contribution in [0.1, 0.15) is 30.9 Å². The average molecular weight is 276 g/mol. The maximum Gasteiger partial charge on any atom is 0.326 e. The Morgan fingerprint density at radius 1 is 1.35 bits per heavy atom. The van der Waals surface area contributed by atoms with Gasteiger partial charge in [-0.2, -0.15) is 0 Å². The molecule has 0 spiro atoms. The number of amides is 1. The van der Waals surface area contributed by atoms with Crippen LogP contribution in [-0.4, -0.2) is 29.6 Å². The number of carbonyl (C=O) groups excluding carboxylic acids is 1. The van der Waals surface area contributed by atoms with E-state index in [0.717, 1.165) is 17.7 Å². The Morgan fingerprint density at radius 2 is 2.05 bits per heavy atom. The summed E-state index contributed by atoms with van der Waals surface area (Å²) in [6.07, 6.45) is 0. The van der Waals surface area contributed by atoms with Gasteiger partial charge in [-0.15, -0.1) is 0 Å². The third-order valence-electron chi connectivity index (χ3n) is 3.64. The molecule has 1 heterocycles. The lowest BCUT2D eigenvalue weighted by atomic mass is 9.89. The second kappa shape index (κ2) is 6.05. The highest BCUT2D eigenvalue weighted by atomic mass is 16.4. The van der Waals surface area contributed by atoms with E-state index in [0.29, 0.717) is 6.54 Å². The first kappa shape index (κ1) is 14.5. The first-order valence-electron chi connectivity index (χ1n) is 6.82. The van der Waals surface area contributed by atoms with Gasteiger partial charge in [-0.25, -0.2) is 4.79 Å². The van der Waals surface area contributed by atoms with Gasteiger partial charge in [0.1, 0.15) is 6.04 Å². The Kier molecular flexibility index (Phi) is 4.39. The van der Waals surface area contributed by atoms with Crippen LogP contribution in [0.2, 0.25) is 0 Å². The van der Waals surface area contributed by atoms with Crippen molar-refractivity contribution in [2.75, 3.05) is 6.54 Å². The number of hydrogen-bond donors (Lipinski definition) is 3. The van der Waals surface area contributed by atoms with Gasteiger partial charge in [-0.1, -0.05) is 38.1 Å². The second-order valence-electron chi connectivity index (χ2n) is 5.45. The van der Waals surface area contributed by atoms with Crippen molar-refractivity contribution < 1.29 is 14.7 Å². The fraction of sp³-hybridized carbons (Fsp3) is 0.467. The molecule has 1 aromatic rings. The summed E-state index contributed by atoms with van der Waals surface area (Å²) < 4.78 is 0. The molecule has 1 aliphatic heterocycles. The molecular formula is C15H20N2O3. The van der Waals surface area contributed by atoms with E-state index in [4.69, 9.17) is 5.11 Å². The maximum atomic E-state index is 12.4. The molecule has 20 heavy (non-hydrogen) atoms. The first-order valence-corrected chi connectivity index (χ1v) is 6.82. The maximum absolute atomic E-state index is 12.4. The standard InChI is InChI=1S/C15H20N2O3/c1-9(2)13(15(19)20)17-14(18)12-8-16-7-10-5-3-4-6-11(10)12/h3-6,9,12-13,16H,7-8H2,1-2H3,(H,17,18)(H,19,20)/t12?,13-/m0/s1. The molecule has 5 heteroatoms. The normalized spacial score (nSPS) is 19.2. The summed E-state index contributed by atoms with van der Waals surface area (Å²) in [5.74, 6) is -1.71. The SMILES string of the molecule is CC(C)[C@H](NC(=O)C1CNCc2ccccc21)C(=O)O. The first-order chi connectivity index (χ1) is 9.50. The van der Waals surface area contributed by atoms with Crippen molar-refractivity contribution in [3.63, 3.8) is 0 Å². The summed E-state index contributed by atoms with van der Waals surface area (Å²) in [6.45, 7) is 4.85. The summed E-state index contributed by atoms with van der Waals surface area (Å²) in [4.78, 5) is 23.5. The lowest BCUT2D eigenvalue weighted by Gasteiger charge is -2.27. The van der Waals surface area contributed by atoms with Gasteiger partial charge < -0.3 is 15.7 Å². The van der Waals surface area contributed by atoms with Crippen molar-refractivity contribution in [1.29, 1.82) is 0 Å². The quantitative estimate of drug-likeness (QED) is 0.769. The Labute approximate surface area is 118 Å². The Hall–Kier alpha value is -1.88. The number of rotatable bonds is 4. The zero-order chi connectivity index (χ0) is 14.7. The highest BCUT2D eigenvalue weighted by Gasteiger charge is 2.30. The van der Waals surface area contributed by atoms with E-state index in [-0.39, 0.29) is 17.7 Å². The molecule has 2 atom stereocenters. The van der Waals surface area contributed by atoms with Gasteiger partial charge in [-0.05, 0) is 17.0 Å². The van der Waals surface area contributed by atoms with Gasteiger partial charge >= 0.3 is 5.97 Å². The fourth-order valence-electron chi connectivity index (χ4n) is 2.50. The van der Waals surface area contributed by atoms with Gasteiger partial charge in [0.25, 0.3) is 0 Å². The lowest BCUT2D eigenvalue weighted by molar-refractivity contribution is -0.143. The summed E-state index contributed by atoms with van der Waals surface area (Å²) in [6, 6.07) is 6.91.